The molecule has 1 aromatic carbocycles. The van der Waals surface area contributed by atoms with Gasteiger partial charge in [0.05, 0.1) is 12.6 Å². The molecule has 4 N–H and O–H groups in total. The summed E-state index contributed by atoms with van der Waals surface area (Å²) in [7, 11) is 0. The Kier molecular flexibility index (Phi) is 5.91. The van der Waals surface area contributed by atoms with Crippen LogP contribution in [0.5, 0.6) is 0 Å². The van der Waals surface area contributed by atoms with Crippen molar-refractivity contribution in [2.24, 2.45) is 11.7 Å². The van der Waals surface area contributed by atoms with E-state index in [1.165, 1.54) is 0 Å². The number of carboxylic acids is 1. The minimum absolute atomic E-state index is 0.167. The van der Waals surface area contributed by atoms with Gasteiger partial charge < -0.3 is 10.8 Å². The van der Waals surface area contributed by atoms with Gasteiger partial charge in [0.25, 0.3) is 0 Å². The molecule has 0 fully saturated rings. The molecule has 0 saturated heterocycles. The van der Waals surface area contributed by atoms with E-state index in [1.807, 2.05) is 0 Å². The molecule has 0 radical (unpaired) electrons. The third-order valence-corrected chi connectivity index (χ3v) is 3.14. The van der Waals surface area contributed by atoms with Crippen LogP contribution in [0.4, 0.5) is 0 Å². The summed E-state index contributed by atoms with van der Waals surface area (Å²) in [6.45, 7) is 1.79. The maximum atomic E-state index is 12.4. The van der Waals surface area contributed by atoms with Crippen molar-refractivity contribution in [1.29, 1.82) is 0 Å². The number of hydrogen-bond donors (Lipinski definition) is 3. The summed E-state index contributed by atoms with van der Waals surface area (Å²) in [5, 5.41) is 11.8. The molecular weight excluding hydrogens is 256 g/mol. The standard InChI is InChI=1S/C15H18N2O3/c1-3-9-17-13(10(2)12(16)15(19)20)14(18)11-7-5-4-6-8-11/h1,4-8,10,12-13,17H,9,16H2,2H3,(H,19,20)/t10?,12-,13?/m0/s1. The van der Waals surface area contributed by atoms with E-state index in [9.17, 15) is 9.59 Å². The van der Waals surface area contributed by atoms with Gasteiger partial charge in [0, 0.05) is 11.5 Å². The van der Waals surface area contributed by atoms with Crippen molar-refractivity contribution in [3.8, 4) is 12.3 Å². The Bertz CT molecular complexity index is 508. The molecule has 0 aliphatic rings. The first-order valence-corrected chi connectivity index (χ1v) is 6.23. The van der Waals surface area contributed by atoms with E-state index in [4.69, 9.17) is 17.3 Å². The molecule has 5 nitrogen and oxygen atoms in total. The second-order valence-electron chi connectivity index (χ2n) is 4.52. The Labute approximate surface area is 118 Å². The highest BCUT2D eigenvalue weighted by Crippen LogP contribution is 2.14. The highest BCUT2D eigenvalue weighted by Gasteiger charge is 2.32. The van der Waals surface area contributed by atoms with Gasteiger partial charge in [-0.3, -0.25) is 14.9 Å². The van der Waals surface area contributed by atoms with Crippen molar-refractivity contribution in [1.82, 2.24) is 5.32 Å². The smallest absolute Gasteiger partial charge is 0.320 e. The van der Waals surface area contributed by atoms with E-state index < -0.39 is 24.0 Å². The molecule has 3 atom stereocenters. The van der Waals surface area contributed by atoms with Crippen molar-refractivity contribution >= 4 is 11.8 Å². The number of rotatable bonds is 7. The molecule has 1 rings (SSSR count). The van der Waals surface area contributed by atoms with Crippen LogP contribution in [0.25, 0.3) is 0 Å². The number of benzene rings is 1. The quantitative estimate of drug-likeness (QED) is 0.497. The topological polar surface area (TPSA) is 92.4 Å². The van der Waals surface area contributed by atoms with Crippen LogP contribution in [0.1, 0.15) is 17.3 Å². The molecule has 1 aromatic rings. The third-order valence-electron chi connectivity index (χ3n) is 3.14. The summed E-state index contributed by atoms with van der Waals surface area (Å²) in [5.41, 5.74) is 6.10. The first-order chi connectivity index (χ1) is 9.49. The van der Waals surface area contributed by atoms with Gasteiger partial charge in [-0.05, 0) is 0 Å². The fraction of sp³-hybridized carbons (Fsp3) is 0.333. The minimum Gasteiger partial charge on any atom is -0.480 e. The lowest BCUT2D eigenvalue weighted by Crippen LogP contribution is -2.51. The van der Waals surface area contributed by atoms with Crippen LogP contribution >= 0.6 is 0 Å². The van der Waals surface area contributed by atoms with Crippen LogP contribution in [0.2, 0.25) is 0 Å². The predicted molar refractivity (Wildman–Crippen MR) is 76.2 cm³/mol. The number of nitrogens with two attached hydrogens (primary N) is 1. The van der Waals surface area contributed by atoms with E-state index in [2.05, 4.69) is 11.2 Å². The summed E-state index contributed by atoms with van der Waals surface area (Å²) in [6, 6.07) is 6.75. The molecule has 0 aromatic heterocycles. The number of carbonyl (C=O) groups excluding carboxylic acids is 1. The maximum absolute atomic E-state index is 12.4. The van der Waals surface area contributed by atoms with Gasteiger partial charge in [-0.25, -0.2) is 0 Å². The molecule has 0 heterocycles. The second kappa shape index (κ2) is 7.43. The Morgan fingerprint density at radius 1 is 1.40 bits per heavy atom. The molecule has 0 saturated carbocycles. The summed E-state index contributed by atoms with van der Waals surface area (Å²) in [4.78, 5) is 23.4. The summed E-state index contributed by atoms with van der Waals surface area (Å²) >= 11 is 0. The lowest BCUT2D eigenvalue weighted by atomic mass is 9.88. The van der Waals surface area contributed by atoms with Gasteiger partial charge >= 0.3 is 5.97 Å². The fourth-order valence-corrected chi connectivity index (χ4v) is 1.90. The Balaban J connectivity index is 2.97. The van der Waals surface area contributed by atoms with E-state index in [1.54, 1.807) is 37.3 Å². The van der Waals surface area contributed by atoms with E-state index in [0.717, 1.165) is 0 Å². The van der Waals surface area contributed by atoms with Gasteiger partial charge in [-0.1, -0.05) is 43.2 Å². The molecule has 5 heteroatoms. The average Bonchev–Trinajstić information content (AvgIpc) is 2.47. The van der Waals surface area contributed by atoms with Gasteiger partial charge in [0.1, 0.15) is 6.04 Å². The molecular formula is C15H18N2O3. The number of aliphatic carboxylic acids is 1. The molecule has 0 aliphatic heterocycles. The van der Waals surface area contributed by atoms with Crippen LogP contribution in [-0.2, 0) is 4.79 Å². The molecule has 0 bridgehead atoms. The van der Waals surface area contributed by atoms with Crippen LogP contribution in [0.15, 0.2) is 30.3 Å². The van der Waals surface area contributed by atoms with Crippen molar-refractivity contribution in [3.63, 3.8) is 0 Å². The third kappa shape index (κ3) is 3.92. The molecule has 2 unspecified atom stereocenters. The number of terminal acetylenes is 1. The normalized spacial score (nSPS) is 14.8. The van der Waals surface area contributed by atoms with E-state index in [0.29, 0.717) is 5.56 Å². The van der Waals surface area contributed by atoms with E-state index >= 15 is 0 Å². The molecule has 0 aliphatic carbocycles. The largest absolute Gasteiger partial charge is 0.480 e. The lowest BCUT2D eigenvalue weighted by molar-refractivity contribution is -0.139. The van der Waals surface area contributed by atoms with E-state index in [-0.39, 0.29) is 12.3 Å². The Morgan fingerprint density at radius 2 is 2.00 bits per heavy atom. The van der Waals surface area contributed by atoms with Crippen LogP contribution in [0, 0.1) is 18.3 Å². The van der Waals surface area contributed by atoms with Gasteiger partial charge in [-0.2, -0.15) is 0 Å². The van der Waals surface area contributed by atoms with Gasteiger partial charge in [-0.15, -0.1) is 6.42 Å². The Morgan fingerprint density at radius 3 is 2.50 bits per heavy atom. The average molecular weight is 274 g/mol. The number of carbonyl (C=O) groups is 2. The van der Waals surface area contributed by atoms with Crippen molar-refractivity contribution in [2.75, 3.05) is 6.54 Å². The molecule has 0 spiro atoms. The van der Waals surface area contributed by atoms with Gasteiger partial charge in [0.15, 0.2) is 5.78 Å². The number of hydrogen-bond acceptors (Lipinski definition) is 4. The monoisotopic (exact) mass is 274 g/mol. The molecule has 20 heavy (non-hydrogen) atoms. The zero-order valence-corrected chi connectivity index (χ0v) is 11.2. The van der Waals surface area contributed by atoms with Crippen LogP contribution in [0.3, 0.4) is 0 Å². The number of ketones is 1. The number of Topliss-reactive ketones (excluding diaryl/α,β-unsaturated/α-hetero) is 1. The van der Waals surface area contributed by atoms with Crippen molar-refractivity contribution in [2.45, 2.75) is 19.0 Å². The maximum Gasteiger partial charge on any atom is 0.320 e. The van der Waals surface area contributed by atoms with Gasteiger partial charge in [0.2, 0.25) is 0 Å². The summed E-state index contributed by atoms with van der Waals surface area (Å²) < 4.78 is 0. The highest BCUT2D eigenvalue weighted by molar-refractivity contribution is 6.00. The lowest BCUT2D eigenvalue weighted by Gasteiger charge is -2.26. The molecule has 106 valence electrons. The first-order valence-electron chi connectivity index (χ1n) is 6.23. The zero-order chi connectivity index (χ0) is 15.1. The summed E-state index contributed by atoms with van der Waals surface area (Å²) in [5.74, 6) is 0.422. The van der Waals surface area contributed by atoms with Crippen LogP contribution in [-0.4, -0.2) is 35.5 Å². The number of nitrogens with one attached hydrogen (secondary N) is 1. The SMILES string of the molecule is C#CCNC(C(=O)c1ccccc1)C(C)[C@H](N)C(=O)O. The Hall–Kier alpha value is -2.16. The highest BCUT2D eigenvalue weighted by atomic mass is 16.4. The molecule has 0 amide bonds. The fourth-order valence-electron chi connectivity index (χ4n) is 1.90. The predicted octanol–water partition coefficient (Wildman–Crippen LogP) is 0.509. The minimum atomic E-state index is -1.15. The zero-order valence-electron chi connectivity index (χ0n) is 11.2. The van der Waals surface area contributed by atoms with Crippen molar-refractivity contribution < 1.29 is 14.7 Å². The summed E-state index contributed by atoms with van der Waals surface area (Å²) in [6.07, 6.45) is 5.18. The number of carboxylic acid groups (broad SMARTS) is 1. The van der Waals surface area contributed by atoms with Crippen molar-refractivity contribution in [3.05, 3.63) is 35.9 Å². The van der Waals surface area contributed by atoms with Crippen LogP contribution < -0.4 is 11.1 Å². The second-order valence-corrected chi connectivity index (χ2v) is 4.52. The first kappa shape index (κ1) is 15.9.